The molecule has 0 aromatic heterocycles. The molecule has 70 valence electrons. The first kappa shape index (κ1) is 11.2. The van der Waals surface area contributed by atoms with Crippen molar-refractivity contribution in [2.24, 2.45) is 0 Å². The van der Waals surface area contributed by atoms with E-state index in [4.69, 9.17) is 9.47 Å². The highest BCUT2D eigenvalue weighted by Crippen LogP contribution is 2.11. The van der Waals surface area contributed by atoms with Crippen LogP contribution in [0.5, 0.6) is 0 Å². The monoisotopic (exact) mass is 172 g/mol. The molecule has 1 atom stereocenters. The number of rotatable bonds is 3. The summed E-state index contributed by atoms with van der Waals surface area (Å²) in [7, 11) is 0. The number of carbonyl (C=O) groups excluding carboxylic acids is 1. The number of esters is 1. The summed E-state index contributed by atoms with van der Waals surface area (Å²) in [6, 6.07) is 0. The maximum atomic E-state index is 10.7. The lowest BCUT2D eigenvalue weighted by molar-refractivity contribution is -0.192. The van der Waals surface area contributed by atoms with Gasteiger partial charge in [-0.3, -0.25) is 0 Å². The fourth-order valence-corrected chi connectivity index (χ4v) is 0.734. The van der Waals surface area contributed by atoms with Crippen molar-refractivity contribution in [3.63, 3.8) is 0 Å². The molecule has 0 aliphatic rings. The molecule has 0 aromatic rings. The zero-order chi connectivity index (χ0) is 9.78. The van der Waals surface area contributed by atoms with Crippen molar-refractivity contribution < 1.29 is 14.3 Å². The minimum Gasteiger partial charge on any atom is -0.433 e. The van der Waals surface area contributed by atoms with Crippen LogP contribution in [0, 0.1) is 0 Å². The Morgan fingerprint density at radius 2 is 2.00 bits per heavy atom. The molecule has 0 bridgehead atoms. The molecule has 3 nitrogen and oxygen atoms in total. The van der Waals surface area contributed by atoms with Crippen LogP contribution in [0.3, 0.4) is 0 Å². The van der Waals surface area contributed by atoms with Crippen LogP contribution in [0.2, 0.25) is 0 Å². The lowest BCUT2D eigenvalue weighted by atomic mass is 10.2. The van der Waals surface area contributed by atoms with Crippen LogP contribution in [-0.2, 0) is 14.3 Å². The maximum Gasteiger partial charge on any atom is 0.332 e. The summed E-state index contributed by atoms with van der Waals surface area (Å²) in [5, 5.41) is 0. The first-order valence-electron chi connectivity index (χ1n) is 3.86. The molecule has 0 spiro atoms. The Bertz CT molecular complexity index is 167. The summed E-state index contributed by atoms with van der Waals surface area (Å²) in [4.78, 5) is 10.7. The zero-order valence-corrected chi connectivity index (χ0v) is 8.09. The van der Waals surface area contributed by atoms with Crippen LogP contribution in [0.25, 0.3) is 0 Å². The Morgan fingerprint density at radius 3 is 2.33 bits per heavy atom. The molecule has 0 aromatic carbocycles. The smallest absolute Gasteiger partial charge is 0.332 e. The quantitative estimate of drug-likeness (QED) is 0.370. The van der Waals surface area contributed by atoms with Crippen molar-refractivity contribution in [1.82, 2.24) is 0 Å². The summed E-state index contributed by atoms with van der Waals surface area (Å²) in [5.74, 6) is -0.466. The lowest BCUT2D eigenvalue weighted by Crippen LogP contribution is -2.28. The van der Waals surface area contributed by atoms with Crippen LogP contribution in [-0.4, -0.2) is 17.9 Å². The molecule has 12 heavy (non-hydrogen) atoms. The maximum absolute atomic E-state index is 10.7. The van der Waals surface area contributed by atoms with Crippen LogP contribution < -0.4 is 0 Å². The van der Waals surface area contributed by atoms with Gasteiger partial charge in [-0.15, -0.1) is 0 Å². The Morgan fingerprint density at radius 1 is 1.50 bits per heavy atom. The van der Waals surface area contributed by atoms with Gasteiger partial charge in [0.1, 0.15) is 0 Å². The summed E-state index contributed by atoms with van der Waals surface area (Å²) >= 11 is 0. The molecular weight excluding hydrogens is 156 g/mol. The fraction of sp³-hybridized carbons (Fsp3) is 0.667. The van der Waals surface area contributed by atoms with Crippen molar-refractivity contribution in [2.75, 3.05) is 0 Å². The largest absolute Gasteiger partial charge is 0.433 e. The Balaban J connectivity index is 3.82. The van der Waals surface area contributed by atoms with E-state index in [1.165, 1.54) is 0 Å². The van der Waals surface area contributed by atoms with Crippen molar-refractivity contribution in [3.05, 3.63) is 12.7 Å². The van der Waals surface area contributed by atoms with Crippen LogP contribution >= 0.6 is 0 Å². The highest BCUT2D eigenvalue weighted by Gasteiger charge is 2.16. The van der Waals surface area contributed by atoms with Gasteiger partial charge in [0.2, 0.25) is 6.29 Å². The van der Waals surface area contributed by atoms with Crippen molar-refractivity contribution in [1.29, 1.82) is 0 Å². The van der Waals surface area contributed by atoms with Gasteiger partial charge in [-0.2, -0.15) is 0 Å². The van der Waals surface area contributed by atoms with Crippen molar-refractivity contribution in [3.8, 4) is 0 Å². The predicted molar refractivity (Wildman–Crippen MR) is 46.6 cm³/mol. The van der Waals surface area contributed by atoms with E-state index in [0.29, 0.717) is 0 Å². The first-order valence-corrected chi connectivity index (χ1v) is 3.86. The molecule has 0 heterocycles. The van der Waals surface area contributed by atoms with Gasteiger partial charge in [0, 0.05) is 6.08 Å². The van der Waals surface area contributed by atoms with E-state index in [1.54, 1.807) is 6.92 Å². The van der Waals surface area contributed by atoms with Gasteiger partial charge in [0.05, 0.1) is 5.60 Å². The summed E-state index contributed by atoms with van der Waals surface area (Å²) < 4.78 is 10.1. The molecule has 0 radical (unpaired) electrons. The van der Waals surface area contributed by atoms with E-state index in [0.717, 1.165) is 6.08 Å². The Kier molecular flexibility index (Phi) is 3.96. The minimum atomic E-state index is -0.532. The Hall–Kier alpha value is -0.830. The third-order valence-electron chi connectivity index (χ3n) is 0.968. The molecule has 0 aliphatic carbocycles. The predicted octanol–water partition coefficient (Wildman–Crippen LogP) is 1.88. The zero-order valence-electron chi connectivity index (χ0n) is 8.09. The standard InChI is InChI=1S/C9H16O3/c1-6-8(10)11-7(2)12-9(3,4)5/h6-7H,1H2,2-5H3. The van der Waals surface area contributed by atoms with E-state index in [-0.39, 0.29) is 5.60 Å². The minimum absolute atomic E-state index is 0.305. The van der Waals surface area contributed by atoms with Crippen LogP contribution in [0.15, 0.2) is 12.7 Å². The van der Waals surface area contributed by atoms with Gasteiger partial charge in [0.15, 0.2) is 0 Å². The molecule has 0 amide bonds. The first-order chi connectivity index (χ1) is 5.35. The van der Waals surface area contributed by atoms with E-state index >= 15 is 0 Å². The number of ether oxygens (including phenoxy) is 2. The number of carbonyl (C=O) groups is 1. The summed E-state index contributed by atoms with van der Waals surface area (Å²) in [6.45, 7) is 10.6. The second kappa shape index (κ2) is 4.26. The molecule has 0 N–H and O–H groups in total. The average Bonchev–Trinajstić information content (AvgIpc) is 1.82. The van der Waals surface area contributed by atoms with Crippen LogP contribution in [0.1, 0.15) is 27.7 Å². The van der Waals surface area contributed by atoms with Crippen LogP contribution in [0.4, 0.5) is 0 Å². The highest BCUT2D eigenvalue weighted by atomic mass is 16.7. The van der Waals surface area contributed by atoms with Gasteiger partial charge in [-0.1, -0.05) is 6.58 Å². The molecule has 0 rings (SSSR count). The molecule has 0 fully saturated rings. The van der Waals surface area contributed by atoms with Gasteiger partial charge >= 0.3 is 5.97 Å². The average molecular weight is 172 g/mol. The number of hydrogen-bond donors (Lipinski definition) is 0. The van der Waals surface area contributed by atoms with E-state index in [1.807, 2.05) is 20.8 Å². The van der Waals surface area contributed by atoms with Crippen molar-refractivity contribution in [2.45, 2.75) is 39.6 Å². The fourth-order valence-electron chi connectivity index (χ4n) is 0.734. The van der Waals surface area contributed by atoms with Gasteiger partial charge in [0.25, 0.3) is 0 Å². The molecule has 0 saturated heterocycles. The van der Waals surface area contributed by atoms with E-state index in [2.05, 4.69) is 6.58 Å². The third-order valence-corrected chi connectivity index (χ3v) is 0.968. The Labute approximate surface area is 73.4 Å². The second-order valence-corrected chi connectivity index (χ2v) is 3.44. The van der Waals surface area contributed by atoms with E-state index < -0.39 is 12.3 Å². The lowest BCUT2D eigenvalue weighted by Gasteiger charge is -2.24. The molecule has 1 unspecified atom stereocenters. The van der Waals surface area contributed by atoms with Crippen molar-refractivity contribution >= 4 is 5.97 Å². The van der Waals surface area contributed by atoms with Gasteiger partial charge in [-0.05, 0) is 27.7 Å². The molecule has 0 aliphatic heterocycles. The third kappa shape index (κ3) is 5.92. The SMILES string of the molecule is C=CC(=O)OC(C)OC(C)(C)C. The van der Waals surface area contributed by atoms with E-state index in [9.17, 15) is 4.79 Å². The normalized spacial score (nSPS) is 13.7. The molecular formula is C9H16O3. The second-order valence-electron chi connectivity index (χ2n) is 3.44. The van der Waals surface area contributed by atoms with Gasteiger partial charge < -0.3 is 9.47 Å². The molecule has 0 saturated carbocycles. The number of hydrogen-bond acceptors (Lipinski definition) is 3. The topological polar surface area (TPSA) is 35.5 Å². The molecule has 3 heteroatoms. The van der Waals surface area contributed by atoms with Gasteiger partial charge in [-0.25, -0.2) is 4.79 Å². The highest BCUT2D eigenvalue weighted by molar-refractivity contribution is 5.81. The summed E-state index contributed by atoms with van der Waals surface area (Å²) in [6.07, 6.45) is 0.582. The summed E-state index contributed by atoms with van der Waals surface area (Å²) in [5.41, 5.74) is -0.305.